The topological polar surface area (TPSA) is 101 Å². The van der Waals surface area contributed by atoms with Crippen LogP contribution in [0.25, 0.3) is 0 Å². The maximum Gasteiger partial charge on any atom is 0.266 e. The highest BCUT2D eigenvalue weighted by Gasteiger charge is 2.41. The van der Waals surface area contributed by atoms with Gasteiger partial charge in [-0.15, -0.1) is 0 Å². The molecule has 112 valence electrons. The zero-order valence-electron chi connectivity index (χ0n) is 12.4. The molecule has 5 N–H and O–H groups in total. The molecule has 0 radical (unpaired) electrons. The number of carbonyl (C=O) groups excluding carboxylic acids is 2. The van der Waals surface area contributed by atoms with E-state index in [1.807, 2.05) is 38.1 Å². The molecule has 2 atom stereocenters. The second-order valence-corrected chi connectivity index (χ2v) is 5.53. The number of hydrogen-bond acceptors (Lipinski definition) is 4. The predicted molar refractivity (Wildman–Crippen MR) is 79.4 cm³/mol. The molecule has 0 saturated carbocycles. The lowest BCUT2D eigenvalue weighted by molar-refractivity contribution is -0.123. The number of aryl methyl sites for hydroxylation is 1. The van der Waals surface area contributed by atoms with E-state index in [1.165, 1.54) is 6.08 Å². The first-order chi connectivity index (χ1) is 9.74. The van der Waals surface area contributed by atoms with Crippen molar-refractivity contribution in [3.8, 4) is 0 Å². The summed E-state index contributed by atoms with van der Waals surface area (Å²) in [6.45, 7) is 5.53. The smallest absolute Gasteiger partial charge is 0.266 e. The van der Waals surface area contributed by atoms with E-state index in [9.17, 15) is 9.59 Å². The number of rotatable bonds is 4. The van der Waals surface area contributed by atoms with E-state index in [1.54, 1.807) is 11.9 Å². The molecule has 0 aromatic heterocycles. The van der Waals surface area contributed by atoms with E-state index in [4.69, 9.17) is 11.5 Å². The number of nitrogens with one attached hydrogen (secondary N) is 1. The molecule has 1 unspecified atom stereocenters. The van der Waals surface area contributed by atoms with Crippen LogP contribution in [-0.4, -0.2) is 22.4 Å². The molecule has 0 bridgehead atoms. The summed E-state index contributed by atoms with van der Waals surface area (Å²) in [6.07, 6.45) is 1.48. The second-order valence-electron chi connectivity index (χ2n) is 5.53. The predicted octanol–water partition coefficient (Wildman–Crippen LogP) is 0.489. The van der Waals surface area contributed by atoms with Crippen LogP contribution in [0.15, 0.2) is 36.0 Å². The number of carbonyl (C=O) groups is 2. The Balaban J connectivity index is 2.37. The van der Waals surface area contributed by atoms with Crippen molar-refractivity contribution in [3.63, 3.8) is 0 Å². The molecule has 0 spiro atoms. The Hall–Kier alpha value is -2.34. The Bertz CT molecular complexity index is 626. The minimum absolute atomic E-state index is 0.176. The number of primary amides is 2. The van der Waals surface area contributed by atoms with Crippen molar-refractivity contribution in [2.75, 3.05) is 0 Å². The van der Waals surface area contributed by atoms with Gasteiger partial charge in [0.05, 0.1) is 6.04 Å². The fourth-order valence-corrected chi connectivity index (χ4v) is 2.39. The van der Waals surface area contributed by atoms with Crippen molar-refractivity contribution in [3.05, 3.63) is 47.2 Å². The number of hydrogen-bond donors (Lipinski definition) is 3. The van der Waals surface area contributed by atoms with Gasteiger partial charge in [-0.05, 0) is 32.4 Å². The number of benzene rings is 1. The first-order valence-electron chi connectivity index (χ1n) is 6.71. The van der Waals surface area contributed by atoms with Gasteiger partial charge >= 0.3 is 0 Å². The molecule has 6 nitrogen and oxygen atoms in total. The zero-order valence-corrected chi connectivity index (χ0v) is 12.4. The molecule has 1 aromatic rings. The van der Waals surface area contributed by atoms with Crippen molar-refractivity contribution < 1.29 is 9.59 Å². The van der Waals surface area contributed by atoms with E-state index in [-0.39, 0.29) is 11.7 Å². The third kappa shape index (κ3) is 2.75. The Morgan fingerprint density at radius 3 is 2.52 bits per heavy atom. The molecule has 1 aliphatic rings. The maximum atomic E-state index is 11.6. The fourth-order valence-electron chi connectivity index (χ4n) is 2.39. The van der Waals surface area contributed by atoms with Gasteiger partial charge in [0.2, 0.25) is 5.91 Å². The molecule has 21 heavy (non-hydrogen) atoms. The van der Waals surface area contributed by atoms with Gasteiger partial charge in [-0.25, -0.2) is 5.43 Å². The van der Waals surface area contributed by atoms with Gasteiger partial charge in [-0.3, -0.25) is 14.6 Å². The van der Waals surface area contributed by atoms with Gasteiger partial charge in [-0.2, -0.15) is 0 Å². The largest absolute Gasteiger partial charge is 0.368 e. The van der Waals surface area contributed by atoms with Gasteiger partial charge in [0.1, 0.15) is 11.2 Å². The number of amides is 2. The molecule has 0 fully saturated rings. The zero-order chi connectivity index (χ0) is 15.8. The van der Waals surface area contributed by atoms with E-state index in [0.29, 0.717) is 0 Å². The maximum absolute atomic E-state index is 11.6. The van der Waals surface area contributed by atoms with Crippen LogP contribution < -0.4 is 16.9 Å². The number of hydrazine groups is 1. The highest BCUT2D eigenvalue weighted by atomic mass is 16.2. The van der Waals surface area contributed by atoms with E-state index in [0.717, 1.165) is 11.1 Å². The number of nitrogens with zero attached hydrogens (tertiary/aromatic N) is 1. The van der Waals surface area contributed by atoms with Crippen LogP contribution in [0.2, 0.25) is 0 Å². The van der Waals surface area contributed by atoms with Crippen LogP contribution in [-0.2, 0) is 9.59 Å². The molecular formula is C15H20N4O2. The second kappa shape index (κ2) is 5.21. The summed E-state index contributed by atoms with van der Waals surface area (Å²) in [4.78, 5) is 23.2. The average molecular weight is 288 g/mol. The fraction of sp³-hybridized carbons (Fsp3) is 0.333. The number of nitrogens with two attached hydrogens (primary N) is 2. The Kier molecular flexibility index (Phi) is 3.74. The molecule has 0 saturated heterocycles. The van der Waals surface area contributed by atoms with Crippen LogP contribution in [0, 0.1) is 6.92 Å². The summed E-state index contributed by atoms with van der Waals surface area (Å²) < 4.78 is 0. The van der Waals surface area contributed by atoms with Crippen LogP contribution in [0.4, 0.5) is 0 Å². The SMILES string of the molecule is Cc1cccc([C@H](C)N2NC(C)(C(N)=O)C=C2C(N)=O)c1. The van der Waals surface area contributed by atoms with Crippen molar-refractivity contribution in [1.82, 2.24) is 10.4 Å². The van der Waals surface area contributed by atoms with E-state index < -0.39 is 17.4 Å². The lowest BCUT2D eigenvalue weighted by Gasteiger charge is -2.31. The molecule has 1 heterocycles. The summed E-state index contributed by atoms with van der Waals surface area (Å²) in [7, 11) is 0. The van der Waals surface area contributed by atoms with Crippen LogP contribution in [0.1, 0.15) is 31.0 Å². The average Bonchev–Trinajstić information content (AvgIpc) is 2.78. The standard InChI is InChI=1S/C15H20N4O2/c1-9-5-4-6-11(7-9)10(2)19-12(13(16)20)8-15(3,18-19)14(17)21/h4-8,10,18H,1-3H3,(H2,16,20)(H2,17,21)/t10-,15?/m0/s1. The van der Waals surface area contributed by atoms with E-state index >= 15 is 0 Å². The Labute approximate surface area is 123 Å². The summed E-state index contributed by atoms with van der Waals surface area (Å²) in [5, 5.41) is 1.60. The Morgan fingerprint density at radius 2 is 2.00 bits per heavy atom. The lowest BCUT2D eigenvalue weighted by atomic mass is 10.0. The van der Waals surface area contributed by atoms with Crippen molar-refractivity contribution in [2.24, 2.45) is 11.5 Å². The van der Waals surface area contributed by atoms with Crippen molar-refractivity contribution in [1.29, 1.82) is 0 Å². The van der Waals surface area contributed by atoms with Crippen molar-refractivity contribution in [2.45, 2.75) is 32.4 Å². The molecule has 6 heteroatoms. The lowest BCUT2D eigenvalue weighted by Crippen LogP contribution is -2.54. The highest BCUT2D eigenvalue weighted by Crippen LogP contribution is 2.30. The first kappa shape index (κ1) is 15.1. The van der Waals surface area contributed by atoms with Gasteiger partial charge in [-0.1, -0.05) is 29.8 Å². The summed E-state index contributed by atoms with van der Waals surface area (Å²) in [5.41, 5.74) is 15.0. The van der Waals surface area contributed by atoms with Crippen molar-refractivity contribution >= 4 is 11.8 Å². The van der Waals surface area contributed by atoms with Crippen LogP contribution in [0.5, 0.6) is 0 Å². The first-order valence-corrected chi connectivity index (χ1v) is 6.71. The quantitative estimate of drug-likeness (QED) is 0.750. The van der Waals surface area contributed by atoms with Gasteiger partial charge in [0, 0.05) is 0 Å². The monoisotopic (exact) mass is 288 g/mol. The molecule has 2 rings (SSSR count). The third-order valence-electron chi connectivity index (χ3n) is 3.71. The molecule has 0 aliphatic carbocycles. The molecule has 1 aliphatic heterocycles. The van der Waals surface area contributed by atoms with Gasteiger partial charge in [0.25, 0.3) is 5.91 Å². The highest BCUT2D eigenvalue weighted by molar-refractivity contribution is 5.96. The summed E-state index contributed by atoms with van der Waals surface area (Å²) >= 11 is 0. The molecule has 1 aromatic carbocycles. The van der Waals surface area contributed by atoms with Crippen LogP contribution in [0.3, 0.4) is 0 Å². The molecule has 2 amide bonds. The third-order valence-corrected chi connectivity index (χ3v) is 3.71. The summed E-state index contributed by atoms with van der Waals surface area (Å²) in [5.74, 6) is -1.17. The van der Waals surface area contributed by atoms with Gasteiger partial charge in [0.15, 0.2) is 0 Å². The normalized spacial score (nSPS) is 22.8. The minimum Gasteiger partial charge on any atom is -0.368 e. The van der Waals surface area contributed by atoms with Gasteiger partial charge < -0.3 is 11.5 Å². The summed E-state index contributed by atoms with van der Waals surface area (Å²) in [6, 6.07) is 7.73. The van der Waals surface area contributed by atoms with Crippen LogP contribution >= 0.6 is 0 Å². The van der Waals surface area contributed by atoms with E-state index in [2.05, 4.69) is 5.43 Å². The Morgan fingerprint density at radius 1 is 1.33 bits per heavy atom. The molecular weight excluding hydrogens is 268 g/mol. The minimum atomic E-state index is -1.12.